The smallest absolute Gasteiger partial charge is 0.303 e. The third-order valence-electron chi connectivity index (χ3n) is 24.8. The summed E-state index contributed by atoms with van der Waals surface area (Å²) in [6.07, 6.45) is 5.13. The molecule has 40 nitrogen and oxygen atoms in total. The first-order valence-electron chi connectivity index (χ1n) is 45.0. The van der Waals surface area contributed by atoms with Crippen LogP contribution in [-0.4, -0.2) is 310 Å². The van der Waals surface area contributed by atoms with Gasteiger partial charge < -0.3 is 119 Å². The van der Waals surface area contributed by atoms with Crippen molar-refractivity contribution in [2.45, 2.75) is 235 Å². The van der Waals surface area contributed by atoms with E-state index >= 15 is 28.8 Å². The zero-order valence-corrected chi connectivity index (χ0v) is 76.9. The quantitative estimate of drug-likeness (QED) is 0.0377. The van der Waals surface area contributed by atoms with E-state index in [2.05, 4.69) is 67.8 Å². The molecule has 20 N–H and O–H groups in total. The number of primary amides is 1. The highest BCUT2D eigenvalue weighted by molar-refractivity contribution is 8.00. The Hall–Kier alpha value is -12.5. The maximum atomic E-state index is 15.8. The summed E-state index contributed by atoms with van der Waals surface area (Å²) in [5.41, 5.74) is 14.9. The largest absolute Gasteiger partial charge is 0.508 e. The maximum absolute atomic E-state index is 15.8. The third-order valence-corrected chi connectivity index (χ3v) is 25.8. The number of carboxylic acid groups (broad SMARTS) is 1. The number of likely N-dealkylation sites (N-methyl/N-ethyl adjacent to an activating group) is 3. The Morgan fingerprint density at radius 2 is 1.17 bits per heavy atom. The number of carbonyl (C=O) groups excluding carboxylic acids is 15. The molecule has 1 unspecified atom stereocenters. The van der Waals surface area contributed by atoms with Crippen LogP contribution in [-0.2, 0) is 102 Å². The molecule has 15 amide bonds. The van der Waals surface area contributed by atoms with E-state index in [0.29, 0.717) is 53.3 Å². The number of carbonyl (C=O) groups is 16. The minimum atomic E-state index is -1.83. The number of H-pyrrole nitrogens is 3. The Labute approximate surface area is 769 Å². The minimum absolute atomic E-state index is 0.0109. The molecule has 0 aliphatic carbocycles. The van der Waals surface area contributed by atoms with Crippen LogP contribution in [0.3, 0.4) is 0 Å². The number of aliphatic carboxylic acids is 1. The fraction of sp³-hybridized carbons (Fsp3) is 0.549. The highest BCUT2D eigenvalue weighted by Gasteiger charge is 2.46. The lowest BCUT2D eigenvalue weighted by atomic mass is 9.84. The molecule has 16 atom stereocenters. The molecule has 9 rings (SSSR count). The van der Waals surface area contributed by atoms with Crippen LogP contribution in [0.5, 0.6) is 5.75 Å². The maximum Gasteiger partial charge on any atom is 0.303 e. The van der Waals surface area contributed by atoms with Gasteiger partial charge >= 0.3 is 5.97 Å². The van der Waals surface area contributed by atoms with Gasteiger partial charge in [0, 0.05) is 118 Å². The molecule has 3 aromatic carbocycles. The molecule has 0 spiro atoms. The van der Waals surface area contributed by atoms with Crippen molar-refractivity contribution >= 4 is 128 Å². The molecular formula is C91H128N20O20S. The summed E-state index contributed by atoms with van der Waals surface area (Å²) in [6.45, 7) is 7.95. The number of unbranched alkanes of at least 4 members (excludes halogenated alkanes) is 2. The topological polar surface area (TPSA) is 591 Å². The number of thioether (sulfide) groups is 1. The number of benzene rings is 3. The number of aliphatic hydroxyl groups excluding tert-OH is 2. The molecule has 6 heterocycles. The molecule has 3 aliphatic heterocycles. The molecule has 41 heteroatoms. The van der Waals surface area contributed by atoms with Crippen molar-refractivity contribution in [1.82, 2.24) is 92.3 Å². The first kappa shape index (κ1) is 103. The summed E-state index contributed by atoms with van der Waals surface area (Å²) in [4.78, 5) is 254. The Morgan fingerprint density at radius 3 is 1.78 bits per heavy atom. The van der Waals surface area contributed by atoms with Gasteiger partial charge in [0.1, 0.15) is 78.3 Å². The van der Waals surface area contributed by atoms with Gasteiger partial charge in [-0.1, -0.05) is 109 Å². The van der Waals surface area contributed by atoms with Crippen molar-refractivity contribution in [2.24, 2.45) is 29.2 Å². The lowest BCUT2D eigenvalue weighted by Crippen LogP contribution is -2.61. The number of phenolic OH excluding ortho intramolecular Hbond substituents is 1. The van der Waals surface area contributed by atoms with Gasteiger partial charge in [-0.25, -0.2) is 4.98 Å². The number of para-hydroxylation sites is 2. The fourth-order valence-corrected chi connectivity index (χ4v) is 18.0. The number of aromatic nitrogens is 4. The fourth-order valence-electron chi connectivity index (χ4n) is 17.2. The summed E-state index contributed by atoms with van der Waals surface area (Å²) < 4.78 is 0. The molecule has 0 bridgehead atoms. The van der Waals surface area contributed by atoms with Gasteiger partial charge in [-0.05, 0) is 124 Å². The first-order valence-corrected chi connectivity index (χ1v) is 46.1. The van der Waals surface area contributed by atoms with Crippen molar-refractivity contribution in [3.63, 3.8) is 0 Å². The number of hydrogen-bond donors (Lipinski definition) is 18. The van der Waals surface area contributed by atoms with E-state index in [1.54, 1.807) is 39.2 Å². The van der Waals surface area contributed by atoms with Crippen molar-refractivity contribution in [3.05, 3.63) is 120 Å². The number of phenols is 1. The number of hydrogen-bond acceptors (Lipinski definition) is 22. The normalized spacial score (nSPS) is 25.7. The number of aliphatic hydroxyl groups is 2. The van der Waals surface area contributed by atoms with E-state index in [0.717, 1.165) is 32.5 Å². The van der Waals surface area contributed by atoms with E-state index in [-0.39, 0.29) is 102 Å². The summed E-state index contributed by atoms with van der Waals surface area (Å²) >= 11 is 0.761. The predicted molar refractivity (Wildman–Crippen MR) is 488 cm³/mol. The average molecular weight is 1850 g/mol. The number of rotatable bonds is 24. The Bertz CT molecular complexity index is 5030. The van der Waals surface area contributed by atoms with Crippen molar-refractivity contribution in [2.75, 3.05) is 65.4 Å². The summed E-state index contributed by atoms with van der Waals surface area (Å²) in [7, 11) is 4.02. The van der Waals surface area contributed by atoms with E-state index in [1.165, 1.54) is 79.6 Å². The van der Waals surface area contributed by atoms with Crippen molar-refractivity contribution in [3.8, 4) is 5.75 Å². The summed E-state index contributed by atoms with van der Waals surface area (Å²) in [5.74, 6) is -17.6. The average Bonchev–Trinajstić information content (AvgIpc) is 1.57. The number of nitrogens with zero attached hydrogens (tertiary/aromatic N) is 6. The number of amides is 15. The monoisotopic (exact) mass is 1850 g/mol. The van der Waals surface area contributed by atoms with Crippen molar-refractivity contribution in [1.29, 1.82) is 0 Å². The number of fused-ring (bicyclic) bond motifs is 4. The van der Waals surface area contributed by atoms with Crippen LogP contribution in [0.1, 0.15) is 147 Å². The van der Waals surface area contributed by atoms with Gasteiger partial charge in [0.05, 0.1) is 37.0 Å². The number of imidazole rings is 1. The molecule has 3 fully saturated rings. The number of nitrogens with one attached hydrogen (secondary N) is 12. The summed E-state index contributed by atoms with van der Waals surface area (Å²) in [6, 6.07) is 1.69. The van der Waals surface area contributed by atoms with Crippen LogP contribution in [0.25, 0.3) is 21.8 Å². The molecule has 718 valence electrons. The lowest BCUT2D eigenvalue weighted by Gasteiger charge is -2.36. The molecule has 3 aliphatic rings. The number of aromatic hydroxyl groups is 1. The van der Waals surface area contributed by atoms with Crippen LogP contribution < -0.4 is 59.3 Å². The van der Waals surface area contributed by atoms with Crippen LogP contribution in [0.2, 0.25) is 0 Å². The van der Waals surface area contributed by atoms with Crippen molar-refractivity contribution < 1.29 is 97.1 Å². The highest BCUT2D eigenvalue weighted by atomic mass is 32.2. The molecule has 0 radical (unpaired) electrons. The highest BCUT2D eigenvalue weighted by Crippen LogP contribution is 2.34. The van der Waals surface area contributed by atoms with Gasteiger partial charge in [-0.3, -0.25) is 76.7 Å². The third kappa shape index (κ3) is 27.8. The molecule has 3 saturated heterocycles. The van der Waals surface area contributed by atoms with Gasteiger partial charge in [0.25, 0.3) is 0 Å². The Balaban J connectivity index is 1.09. The molecule has 3 aromatic heterocycles. The van der Waals surface area contributed by atoms with E-state index in [9.17, 15) is 68.4 Å². The van der Waals surface area contributed by atoms with Crippen LogP contribution >= 0.6 is 11.8 Å². The molecule has 0 saturated carbocycles. The first-order chi connectivity index (χ1) is 62.9. The molecule has 132 heavy (non-hydrogen) atoms. The Kier molecular flexibility index (Phi) is 38.4. The SMILES string of the molecule is CCCC[C@H]1C(=O)N(C)[C@@H](CCCC)C(=O)N[C@@H](CO)C(=O)N[C@H](C(=O)NCC(N)=O)CSCC(=O)N[C@@H](Cc2ccc(O)cc2)C(=O)N(C)[C@@H](C)C(=O)N[C@@H](CCN)C(=O)N2CCC[C@H]2C(=O)N[C@@H](Cc2c[nH]cn2)C(=O)N[C@@H](CCC(=O)O)C(=O)N2C[C@H](O)C[C@H]2C(C)C[C@@H](Cc2c[nH]c3ccccc23)C(=O)N[C@@H](C(C)C)C(=O)N[C@@H](Cc2c[nH]c3ccccc23)C(=O)N1C. The number of nitrogens with two attached hydrogens (primary N) is 2. The zero-order chi connectivity index (χ0) is 96.3. The van der Waals surface area contributed by atoms with Gasteiger partial charge in [-0.2, -0.15) is 0 Å². The second-order valence-electron chi connectivity index (χ2n) is 34.8. The molecule has 6 aromatic rings. The van der Waals surface area contributed by atoms with Gasteiger partial charge in [0.2, 0.25) is 88.6 Å². The van der Waals surface area contributed by atoms with E-state index < -0.39 is 234 Å². The van der Waals surface area contributed by atoms with Crippen LogP contribution in [0.15, 0.2) is 97.7 Å². The van der Waals surface area contributed by atoms with Crippen LogP contribution in [0, 0.1) is 17.8 Å². The van der Waals surface area contributed by atoms with Gasteiger partial charge in [0.15, 0.2) is 0 Å². The zero-order valence-electron chi connectivity index (χ0n) is 76.1. The van der Waals surface area contributed by atoms with Gasteiger partial charge in [-0.15, -0.1) is 11.8 Å². The number of carboxylic acids is 1. The van der Waals surface area contributed by atoms with Crippen LogP contribution in [0.4, 0.5) is 0 Å². The minimum Gasteiger partial charge on any atom is -0.508 e. The summed E-state index contributed by atoms with van der Waals surface area (Å²) in [5, 5.41) is 68.5. The second kappa shape index (κ2) is 49.1. The Morgan fingerprint density at radius 1 is 0.591 bits per heavy atom. The van der Waals surface area contributed by atoms with E-state index in [1.807, 2.05) is 56.3 Å². The van der Waals surface area contributed by atoms with E-state index in [4.69, 9.17) is 11.5 Å². The predicted octanol–water partition coefficient (Wildman–Crippen LogP) is -0.0864. The lowest BCUT2D eigenvalue weighted by molar-refractivity contribution is -0.149. The second-order valence-corrected chi connectivity index (χ2v) is 35.8. The standard InChI is InChI=1S/C91H128N20O20S/c1-10-12-23-71-84(124)104-69(46-112)83(123)105-70(81(121)97-44-75(93)115)47-132-48-76(116)99-67(36-53-26-28-58(113)29-27-53)87(127)107(7)52(6)79(119)100-65(32-33-92)89(129)110-34-18-25-72(110)85(125)102-66(39-57-43-94-49-98-57)82(122)101-64(30-31-77(117)118)90(130)111-45-59(114)40-74(111)51(5)35-54(37-55-41-95-62-21-16-14-19-60(55)62)80(120)106-78(50(3)4)86(126)103-68(38-56-42-96-63-22-17-15-20-61(56)63)88(128)109(9)73(24-13-11-2)91(131)108(71)8/h14-17,19-22,26-29,41-43,49-52,54,59,64-74,78,95-96,112-114H,10-13,18,23-25,30-40,44-48,92H2,1-9H3,(H2,93,115)(H,94,98)(H,97,121)(H,99,116)(H,100,119)(H,101,122)(H,102,125)(H,103,126)(H,104,124)(H,105,123)(H,106,120)(H,117,118)/t51?,52-,54-,59+,64-,65-,66-,67-,68-,69-,70-,71-,72-,73-,74-,78-/m0/s1. The molecular weight excluding hydrogens is 1730 g/mol. The number of aromatic amines is 3.